The summed E-state index contributed by atoms with van der Waals surface area (Å²) in [4.78, 5) is 0. The number of benzene rings is 1. The van der Waals surface area contributed by atoms with Gasteiger partial charge < -0.3 is 10.1 Å². The van der Waals surface area contributed by atoms with Gasteiger partial charge >= 0.3 is 0 Å². The van der Waals surface area contributed by atoms with E-state index in [0.717, 1.165) is 28.1 Å². The predicted octanol–water partition coefficient (Wildman–Crippen LogP) is 3.81. The van der Waals surface area contributed by atoms with Crippen molar-refractivity contribution in [1.29, 1.82) is 0 Å². The van der Waals surface area contributed by atoms with Gasteiger partial charge in [0.1, 0.15) is 5.75 Å². The third-order valence-corrected chi connectivity index (χ3v) is 3.43. The van der Waals surface area contributed by atoms with E-state index in [-0.39, 0.29) is 0 Å². The van der Waals surface area contributed by atoms with E-state index in [2.05, 4.69) is 15.5 Å². The zero-order valence-electron chi connectivity index (χ0n) is 11.4. The maximum Gasteiger partial charge on any atom is 0.156 e. The molecule has 0 unspecified atom stereocenters. The first-order chi connectivity index (χ1) is 9.02. The molecule has 100 valence electrons. The number of aryl methyl sites for hydroxylation is 1. The van der Waals surface area contributed by atoms with Gasteiger partial charge in [0.15, 0.2) is 11.0 Å². The lowest BCUT2D eigenvalue weighted by molar-refractivity contribution is 0.416. The molecule has 0 aliphatic rings. The van der Waals surface area contributed by atoms with Gasteiger partial charge in [0.25, 0.3) is 0 Å². The van der Waals surface area contributed by atoms with Gasteiger partial charge in [0, 0.05) is 0 Å². The molecule has 0 bridgehead atoms. The van der Waals surface area contributed by atoms with Gasteiger partial charge in [-0.25, -0.2) is 0 Å². The van der Waals surface area contributed by atoms with Gasteiger partial charge in [0.2, 0.25) is 0 Å². The standard InChI is InChI=1S/C14H16ClN3O/c1-8-5-6-12(19-4)11(7-8)16-14-10(3)9(2)13(15)17-18-14/h5-7H,1-4H3,(H,16,18). The number of ether oxygens (including phenoxy) is 1. The van der Waals surface area contributed by atoms with E-state index in [4.69, 9.17) is 16.3 Å². The molecule has 0 fully saturated rings. The number of nitrogens with one attached hydrogen (secondary N) is 1. The number of hydrogen-bond donors (Lipinski definition) is 1. The molecule has 1 aromatic heterocycles. The van der Waals surface area contributed by atoms with Gasteiger partial charge in [-0.3, -0.25) is 0 Å². The van der Waals surface area contributed by atoms with E-state index < -0.39 is 0 Å². The molecule has 0 atom stereocenters. The van der Waals surface area contributed by atoms with Gasteiger partial charge in [-0.05, 0) is 49.6 Å². The molecule has 0 saturated carbocycles. The third-order valence-electron chi connectivity index (χ3n) is 3.07. The van der Waals surface area contributed by atoms with Crippen LogP contribution in [0, 0.1) is 20.8 Å². The summed E-state index contributed by atoms with van der Waals surface area (Å²) in [5, 5.41) is 11.7. The first kappa shape index (κ1) is 13.6. The number of halogens is 1. The Labute approximate surface area is 117 Å². The Kier molecular flexibility index (Phi) is 3.90. The Morgan fingerprint density at radius 3 is 2.53 bits per heavy atom. The normalized spacial score (nSPS) is 10.4. The SMILES string of the molecule is COc1ccc(C)cc1Nc1nnc(Cl)c(C)c1C. The van der Waals surface area contributed by atoms with Crippen LogP contribution in [-0.4, -0.2) is 17.3 Å². The molecule has 0 amide bonds. The fourth-order valence-electron chi connectivity index (χ4n) is 1.74. The number of nitrogens with zero attached hydrogens (tertiary/aromatic N) is 2. The molecule has 2 rings (SSSR count). The van der Waals surface area contributed by atoms with Crippen LogP contribution >= 0.6 is 11.6 Å². The molecule has 0 spiro atoms. The Morgan fingerprint density at radius 1 is 1.11 bits per heavy atom. The average molecular weight is 278 g/mol. The van der Waals surface area contributed by atoms with E-state index >= 15 is 0 Å². The molecule has 4 nitrogen and oxygen atoms in total. The second-order valence-corrected chi connectivity index (χ2v) is 4.78. The molecule has 0 saturated heterocycles. The number of aromatic nitrogens is 2. The minimum Gasteiger partial charge on any atom is -0.495 e. The maximum absolute atomic E-state index is 5.95. The van der Waals surface area contributed by atoms with Crippen LogP contribution in [-0.2, 0) is 0 Å². The molecule has 0 aliphatic heterocycles. The highest BCUT2D eigenvalue weighted by Gasteiger charge is 2.10. The third kappa shape index (κ3) is 2.79. The molecule has 1 aromatic carbocycles. The fourth-order valence-corrected chi connectivity index (χ4v) is 1.92. The van der Waals surface area contributed by atoms with E-state index in [9.17, 15) is 0 Å². The molecule has 0 radical (unpaired) electrons. The van der Waals surface area contributed by atoms with Crippen LogP contribution in [0.15, 0.2) is 18.2 Å². The monoisotopic (exact) mass is 277 g/mol. The first-order valence-electron chi connectivity index (χ1n) is 5.94. The minimum atomic E-state index is 0.430. The van der Waals surface area contributed by atoms with Crippen molar-refractivity contribution >= 4 is 23.1 Å². The number of rotatable bonds is 3. The zero-order chi connectivity index (χ0) is 14.0. The summed E-state index contributed by atoms with van der Waals surface area (Å²) in [7, 11) is 1.64. The highest BCUT2D eigenvalue weighted by atomic mass is 35.5. The lowest BCUT2D eigenvalue weighted by atomic mass is 10.1. The highest BCUT2D eigenvalue weighted by molar-refractivity contribution is 6.30. The maximum atomic E-state index is 5.95. The predicted molar refractivity (Wildman–Crippen MR) is 77.5 cm³/mol. The Balaban J connectivity index is 2.41. The summed E-state index contributed by atoms with van der Waals surface area (Å²) in [6, 6.07) is 5.92. The molecular weight excluding hydrogens is 262 g/mol. The van der Waals surface area contributed by atoms with E-state index in [1.165, 1.54) is 0 Å². The lowest BCUT2D eigenvalue weighted by Gasteiger charge is -2.13. The highest BCUT2D eigenvalue weighted by Crippen LogP contribution is 2.30. The van der Waals surface area contributed by atoms with Crippen LogP contribution < -0.4 is 10.1 Å². The summed E-state index contributed by atoms with van der Waals surface area (Å²) >= 11 is 5.95. The van der Waals surface area contributed by atoms with Crippen LogP contribution in [0.25, 0.3) is 0 Å². The summed E-state index contributed by atoms with van der Waals surface area (Å²) in [5.41, 5.74) is 3.90. The molecule has 1 heterocycles. The van der Waals surface area contributed by atoms with Crippen LogP contribution in [0.5, 0.6) is 5.75 Å². The van der Waals surface area contributed by atoms with Crippen LogP contribution in [0.4, 0.5) is 11.5 Å². The Morgan fingerprint density at radius 2 is 1.84 bits per heavy atom. The molecule has 1 N–H and O–H groups in total. The van der Waals surface area contributed by atoms with Crippen molar-refractivity contribution in [2.45, 2.75) is 20.8 Å². The van der Waals surface area contributed by atoms with Crippen molar-refractivity contribution in [3.8, 4) is 5.75 Å². The summed E-state index contributed by atoms with van der Waals surface area (Å²) in [6.45, 7) is 5.90. The second kappa shape index (κ2) is 5.45. The Hall–Kier alpha value is -1.81. The van der Waals surface area contributed by atoms with Gasteiger partial charge in [-0.15, -0.1) is 10.2 Å². The topological polar surface area (TPSA) is 47.0 Å². The first-order valence-corrected chi connectivity index (χ1v) is 6.31. The van der Waals surface area contributed by atoms with Crippen LogP contribution in [0.2, 0.25) is 5.15 Å². The lowest BCUT2D eigenvalue weighted by Crippen LogP contribution is -2.02. The quantitative estimate of drug-likeness (QED) is 0.927. The van der Waals surface area contributed by atoms with E-state index in [0.29, 0.717) is 11.0 Å². The molecule has 5 heteroatoms. The molecule has 19 heavy (non-hydrogen) atoms. The van der Waals surface area contributed by atoms with Crippen molar-refractivity contribution in [3.63, 3.8) is 0 Å². The van der Waals surface area contributed by atoms with Crippen molar-refractivity contribution in [2.24, 2.45) is 0 Å². The summed E-state index contributed by atoms with van der Waals surface area (Å²) in [5.74, 6) is 1.45. The van der Waals surface area contributed by atoms with Crippen LogP contribution in [0.3, 0.4) is 0 Å². The number of methoxy groups -OCH3 is 1. The fraction of sp³-hybridized carbons (Fsp3) is 0.286. The van der Waals surface area contributed by atoms with Crippen molar-refractivity contribution in [1.82, 2.24) is 10.2 Å². The van der Waals surface area contributed by atoms with Crippen molar-refractivity contribution in [2.75, 3.05) is 12.4 Å². The van der Waals surface area contributed by atoms with E-state index in [1.54, 1.807) is 7.11 Å². The smallest absolute Gasteiger partial charge is 0.156 e. The van der Waals surface area contributed by atoms with Crippen molar-refractivity contribution < 1.29 is 4.74 Å². The van der Waals surface area contributed by atoms with E-state index in [1.807, 2.05) is 39.0 Å². The molecule has 0 aliphatic carbocycles. The average Bonchev–Trinajstić information content (AvgIpc) is 2.40. The second-order valence-electron chi connectivity index (χ2n) is 4.42. The largest absolute Gasteiger partial charge is 0.495 e. The Bertz CT molecular complexity index is 614. The van der Waals surface area contributed by atoms with Gasteiger partial charge in [-0.1, -0.05) is 17.7 Å². The minimum absolute atomic E-state index is 0.430. The number of hydrogen-bond acceptors (Lipinski definition) is 4. The molecule has 2 aromatic rings. The van der Waals surface area contributed by atoms with Crippen LogP contribution in [0.1, 0.15) is 16.7 Å². The van der Waals surface area contributed by atoms with Gasteiger partial charge in [-0.2, -0.15) is 0 Å². The van der Waals surface area contributed by atoms with Crippen molar-refractivity contribution in [3.05, 3.63) is 40.0 Å². The summed E-state index contributed by atoms with van der Waals surface area (Å²) in [6.07, 6.45) is 0. The molecular formula is C14H16ClN3O. The van der Waals surface area contributed by atoms with Gasteiger partial charge in [0.05, 0.1) is 12.8 Å². The summed E-state index contributed by atoms with van der Waals surface area (Å²) < 4.78 is 5.33. The zero-order valence-corrected chi connectivity index (χ0v) is 12.2. The number of anilines is 2.